The number of benzene rings is 8. The molecule has 0 saturated heterocycles. The van der Waals surface area contributed by atoms with Crippen LogP contribution >= 0.6 is 0 Å². The Bertz CT molecular complexity index is 3140. The Morgan fingerprint density at radius 3 is 1.68 bits per heavy atom. The van der Waals surface area contributed by atoms with Gasteiger partial charge < -0.3 is 10.2 Å². The van der Waals surface area contributed by atoms with Gasteiger partial charge in [-0.25, -0.2) is 0 Å². The molecule has 0 saturated carbocycles. The number of aromatic nitrogens is 1. The van der Waals surface area contributed by atoms with Crippen LogP contribution in [0.25, 0.3) is 39.1 Å². The number of fused-ring (bicyclic) bond motifs is 9. The van der Waals surface area contributed by atoms with Crippen molar-refractivity contribution in [3.8, 4) is 33.4 Å². The molecule has 4 heteroatoms. The fraction of sp³-hybridized carbons (Fsp3) is 0.0345. The highest BCUT2D eigenvalue weighted by Crippen LogP contribution is 2.63. The molecule has 12 rings (SSSR count). The number of nitrogens with one attached hydrogen (secondary N) is 1. The summed E-state index contributed by atoms with van der Waals surface area (Å²) in [5.74, 6) is 0.861. The van der Waals surface area contributed by atoms with Crippen LogP contribution in [0, 0.1) is 0 Å². The number of pyridine rings is 1. The standard InChI is InChI=1S/C58H40N4/c1-4-15-39(16-5-1)40-26-30-42(31-27-40)52-38-53(61-57(60-52)44-17-6-2-7-18-44)43-32-28-41(29-33-43)45-34-35-47-48-21-14-36-59-56(48)58(51(47)37-45)49-22-10-12-24-54(49)62(46-19-8-3-9-20-46)55-25-13-11-23-50(55)58/h1-38,52H,(H,60,61). The summed E-state index contributed by atoms with van der Waals surface area (Å²) in [7, 11) is 0. The number of rotatable bonds is 6. The predicted molar refractivity (Wildman–Crippen MR) is 254 cm³/mol. The predicted octanol–water partition coefficient (Wildman–Crippen LogP) is 13.7. The molecule has 3 heterocycles. The molecule has 1 atom stereocenters. The second-order valence-corrected chi connectivity index (χ2v) is 16.2. The fourth-order valence-electron chi connectivity index (χ4n) is 9.93. The van der Waals surface area contributed by atoms with Gasteiger partial charge in [0, 0.05) is 28.7 Å². The highest BCUT2D eigenvalue weighted by molar-refractivity contribution is 6.05. The van der Waals surface area contributed by atoms with Crippen LogP contribution in [0.15, 0.2) is 236 Å². The number of para-hydroxylation sites is 3. The van der Waals surface area contributed by atoms with Gasteiger partial charge in [0.05, 0.1) is 28.5 Å². The van der Waals surface area contributed by atoms with E-state index in [9.17, 15) is 0 Å². The largest absolute Gasteiger partial charge is 0.340 e. The Morgan fingerprint density at radius 1 is 0.435 bits per heavy atom. The van der Waals surface area contributed by atoms with E-state index in [-0.39, 0.29) is 6.04 Å². The molecule has 8 aromatic carbocycles. The van der Waals surface area contributed by atoms with Crippen LogP contribution in [0.2, 0.25) is 0 Å². The van der Waals surface area contributed by atoms with E-state index < -0.39 is 5.41 Å². The molecular weight excluding hydrogens is 753 g/mol. The lowest BCUT2D eigenvalue weighted by Gasteiger charge is -2.44. The molecule has 0 radical (unpaired) electrons. The first-order valence-electron chi connectivity index (χ1n) is 21.3. The van der Waals surface area contributed by atoms with Crippen LogP contribution in [-0.4, -0.2) is 10.8 Å². The molecular formula is C58H40N4. The minimum Gasteiger partial charge on any atom is -0.340 e. The molecule has 1 unspecified atom stereocenters. The van der Waals surface area contributed by atoms with Crippen molar-refractivity contribution in [3.63, 3.8) is 0 Å². The third kappa shape index (κ3) is 5.68. The second kappa shape index (κ2) is 14.6. The maximum Gasteiger partial charge on any atom is 0.133 e. The van der Waals surface area contributed by atoms with Gasteiger partial charge in [0.2, 0.25) is 0 Å². The minimum atomic E-state index is -0.612. The Labute approximate surface area is 361 Å². The van der Waals surface area contributed by atoms with E-state index in [0.29, 0.717) is 0 Å². The summed E-state index contributed by atoms with van der Waals surface area (Å²) in [4.78, 5) is 12.9. The van der Waals surface area contributed by atoms with Crippen molar-refractivity contribution in [3.05, 3.63) is 270 Å². The van der Waals surface area contributed by atoms with Gasteiger partial charge in [-0.15, -0.1) is 0 Å². The van der Waals surface area contributed by atoms with Crippen LogP contribution in [0.5, 0.6) is 0 Å². The van der Waals surface area contributed by atoms with E-state index >= 15 is 0 Å². The average Bonchev–Trinajstić information content (AvgIpc) is 3.65. The summed E-state index contributed by atoms with van der Waals surface area (Å²) in [5.41, 5.74) is 19.1. The van der Waals surface area contributed by atoms with Crippen molar-refractivity contribution in [2.45, 2.75) is 11.5 Å². The summed E-state index contributed by atoms with van der Waals surface area (Å²) in [6.07, 6.45) is 4.20. The number of aliphatic imine (C=N–C) groups is 1. The van der Waals surface area contributed by atoms with E-state index in [2.05, 4.69) is 229 Å². The van der Waals surface area contributed by atoms with E-state index in [1.54, 1.807) is 0 Å². The molecule has 2 aliphatic heterocycles. The number of hydrogen-bond acceptors (Lipinski definition) is 4. The monoisotopic (exact) mass is 792 g/mol. The zero-order valence-corrected chi connectivity index (χ0v) is 33.9. The van der Waals surface area contributed by atoms with Gasteiger partial charge in [-0.05, 0) is 98.1 Å². The lowest BCUT2D eigenvalue weighted by Crippen LogP contribution is -2.36. The van der Waals surface area contributed by atoms with Crippen LogP contribution < -0.4 is 10.2 Å². The highest BCUT2D eigenvalue weighted by atomic mass is 15.2. The third-order valence-corrected chi connectivity index (χ3v) is 12.8. The van der Waals surface area contributed by atoms with Crippen LogP contribution in [0.4, 0.5) is 17.1 Å². The molecule has 1 N–H and O–H groups in total. The number of amidine groups is 1. The Kier molecular flexibility index (Phi) is 8.42. The van der Waals surface area contributed by atoms with Crippen LogP contribution in [0.1, 0.15) is 45.1 Å². The molecule has 9 aromatic rings. The second-order valence-electron chi connectivity index (χ2n) is 16.2. The molecule has 62 heavy (non-hydrogen) atoms. The van der Waals surface area contributed by atoms with Gasteiger partial charge in [0.25, 0.3) is 0 Å². The first-order chi connectivity index (χ1) is 30.7. The lowest BCUT2D eigenvalue weighted by atomic mass is 9.66. The molecule has 0 bridgehead atoms. The number of hydrogen-bond donors (Lipinski definition) is 1. The molecule has 1 aromatic heterocycles. The fourth-order valence-corrected chi connectivity index (χ4v) is 9.93. The molecule has 1 aliphatic carbocycles. The first-order valence-corrected chi connectivity index (χ1v) is 21.3. The average molecular weight is 793 g/mol. The molecule has 1 spiro atoms. The number of nitrogens with zero attached hydrogens (tertiary/aromatic N) is 3. The van der Waals surface area contributed by atoms with E-state index in [1.165, 1.54) is 38.9 Å². The minimum absolute atomic E-state index is 0.145. The van der Waals surface area contributed by atoms with Crippen molar-refractivity contribution >= 4 is 28.6 Å². The van der Waals surface area contributed by atoms with Gasteiger partial charge >= 0.3 is 0 Å². The van der Waals surface area contributed by atoms with Gasteiger partial charge in [-0.3, -0.25) is 9.98 Å². The highest BCUT2D eigenvalue weighted by Gasteiger charge is 2.52. The van der Waals surface area contributed by atoms with Gasteiger partial charge in [-0.1, -0.05) is 182 Å². The van der Waals surface area contributed by atoms with E-state index in [4.69, 9.17) is 9.98 Å². The lowest BCUT2D eigenvalue weighted by molar-refractivity contribution is 0.725. The van der Waals surface area contributed by atoms with Crippen molar-refractivity contribution in [2.75, 3.05) is 4.90 Å². The third-order valence-electron chi connectivity index (χ3n) is 12.8. The maximum absolute atomic E-state index is 5.24. The summed E-state index contributed by atoms with van der Waals surface area (Å²) in [6.45, 7) is 0. The van der Waals surface area contributed by atoms with Crippen molar-refractivity contribution < 1.29 is 0 Å². The molecule has 292 valence electrons. The normalized spacial score (nSPS) is 15.4. The molecule has 4 nitrogen and oxygen atoms in total. The summed E-state index contributed by atoms with van der Waals surface area (Å²) >= 11 is 0. The van der Waals surface area contributed by atoms with Gasteiger partial charge in [-0.2, -0.15) is 0 Å². The van der Waals surface area contributed by atoms with Crippen molar-refractivity contribution in [2.24, 2.45) is 4.99 Å². The topological polar surface area (TPSA) is 40.5 Å². The molecule has 3 aliphatic rings. The summed E-state index contributed by atoms with van der Waals surface area (Å²) < 4.78 is 0. The van der Waals surface area contributed by atoms with Crippen LogP contribution in [0.3, 0.4) is 0 Å². The first kappa shape index (κ1) is 35.8. The van der Waals surface area contributed by atoms with Crippen molar-refractivity contribution in [1.82, 2.24) is 10.3 Å². The summed E-state index contributed by atoms with van der Waals surface area (Å²) in [5, 5.41) is 3.70. The Balaban J connectivity index is 0.948. The Hall–Kier alpha value is -8.08. The molecule has 0 amide bonds. The van der Waals surface area contributed by atoms with Crippen LogP contribution in [-0.2, 0) is 5.41 Å². The Morgan fingerprint density at radius 2 is 0.984 bits per heavy atom. The smallest absolute Gasteiger partial charge is 0.133 e. The maximum atomic E-state index is 5.24. The number of anilines is 3. The zero-order valence-electron chi connectivity index (χ0n) is 33.9. The quantitative estimate of drug-likeness (QED) is 0.182. The molecule has 0 fully saturated rings. The SMILES string of the molecule is C1=C(c2ccc(-c3ccc4c(c3)C3(c5ccccc5N(c5ccccc5)c5ccccc53)c3ncccc3-4)cc2)NC(c2ccccc2)=NC1c1ccc(-c2ccccc2)cc1. The van der Waals surface area contributed by atoms with E-state index in [0.717, 1.165) is 62.1 Å². The van der Waals surface area contributed by atoms with E-state index in [1.807, 2.05) is 12.3 Å². The van der Waals surface area contributed by atoms with Gasteiger partial charge in [0.1, 0.15) is 5.84 Å². The van der Waals surface area contributed by atoms with Gasteiger partial charge in [0.15, 0.2) is 0 Å². The summed E-state index contributed by atoms with van der Waals surface area (Å²) in [6, 6.07) is 78.4. The van der Waals surface area contributed by atoms with Crippen molar-refractivity contribution in [1.29, 1.82) is 0 Å². The zero-order chi connectivity index (χ0) is 41.0.